The third-order valence-electron chi connectivity index (χ3n) is 4.23. The number of nitrogens with one attached hydrogen (secondary N) is 1. The van der Waals surface area contributed by atoms with Crippen molar-refractivity contribution in [2.45, 2.75) is 38.3 Å². The summed E-state index contributed by atoms with van der Waals surface area (Å²) in [6.07, 6.45) is 3.96. The highest BCUT2D eigenvalue weighted by Crippen LogP contribution is 2.26. The van der Waals surface area contributed by atoms with Crippen LogP contribution < -0.4 is 5.32 Å². The molecule has 1 aromatic rings. The summed E-state index contributed by atoms with van der Waals surface area (Å²) in [7, 11) is 1.47. The molecule has 0 heterocycles. The van der Waals surface area contributed by atoms with Crippen molar-refractivity contribution in [2.24, 2.45) is 5.92 Å². The lowest BCUT2D eigenvalue weighted by molar-refractivity contribution is -0.132. The number of carbonyl (C=O) groups is 2. The summed E-state index contributed by atoms with van der Waals surface area (Å²) in [6, 6.07) is 5.01. The quantitative estimate of drug-likeness (QED) is 0.634. The van der Waals surface area contributed by atoms with Crippen LogP contribution in [-0.2, 0) is 16.1 Å². The Morgan fingerprint density at radius 1 is 1.28 bits per heavy atom. The van der Waals surface area contributed by atoms with Crippen LogP contribution in [0.5, 0.6) is 0 Å². The lowest BCUT2D eigenvalue weighted by Crippen LogP contribution is -2.40. The normalized spacial score (nSPS) is 19.6. The summed E-state index contributed by atoms with van der Waals surface area (Å²) in [6.45, 7) is 0.101. The molecule has 1 saturated carbocycles. The van der Waals surface area contributed by atoms with Gasteiger partial charge in [0.2, 0.25) is 5.91 Å². The Hall–Kier alpha value is -1.97. The predicted molar refractivity (Wildman–Crippen MR) is 93.9 cm³/mol. The third-order valence-corrected chi connectivity index (χ3v) is 4.97. The average Bonchev–Trinajstić information content (AvgIpc) is 2.62. The van der Waals surface area contributed by atoms with Crippen molar-refractivity contribution in [3.63, 3.8) is 0 Å². The van der Waals surface area contributed by atoms with E-state index in [0.29, 0.717) is 35.7 Å². The van der Waals surface area contributed by atoms with Gasteiger partial charge < -0.3 is 10.1 Å². The number of amides is 2. The van der Waals surface area contributed by atoms with Crippen molar-refractivity contribution in [3.05, 3.63) is 33.8 Å². The fraction of sp³-hybridized carbons (Fsp3) is 0.471. The van der Waals surface area contributed by atoms with Gasteiger partial charge in [0.1, 0.15) is 6.61 Å². The number of carbonyl (C=O) groups excluding carboxylic acids is 2. The number of rotatable bonds is 4. The van der Waals surface area contributed by atoms with Crippen LogP contribution >= 0.6 is 23.2 Å². The summed E-state index contributed by atoms with van der Waals surface area (Å²) in [4.78, 5) is 24.9. The van der Waals surface area contributed by atoms with Crippen LogP contribution in [0, 0.1) is 17.4 Å². The maximum atomic E-state index is 11.9. The molecule has 25 heavy (non-hydrogen) atoms. The van der Waals surface area contributed by atoms with Gasteiger partial charge in [0.15, 0.2) is 6.19 Å². The van der Waals surface area contributed by atoms with Gasteiger partial charge in [-0.05, 0) is 43.4 Å². The number of hydrogen-bond acceptors (Lipinski definition) is 4. The molecule has 2 rings (SSSR count). The number of nitriles is 1. The predicted octanol–water partition coefficient (Wildman–Crippen LogP) is 3.72. The second kappa shape index (κ2) is 8.93. The van der Waals surface area contributed by atoms with Gasteiger partial charge in [0.05, 0.1) is 10.0 Å². The zero-order valence-electron chi connectivity index (χ0n) is 13.8. The number of hydrogen-bond donors (Lipinski definition) is 1. The van der Waals surface area contributed by atoms with Crippen molar-refractivity contribution in [1.82, 2.24) is 10.2 Å². The van der Waals surface area contributed by atoms with Crippen molar-refractivity contribution in [3.8, 4) is 6.19 Å². The molecule has 8 heteroatoms. The molecule has 0 radical (unpaired) electrons. The molecule has 1 aliphatic rings. The molecule has 1 aromatic carbocycles. The second-order valence-corrected chi connectivity index (χ2v) is 6.83. The van der Waals surface area contributed by atoms with Gasteiger partial charge in [-0.3, -0.25) is 9.69 Å². The smallest absolute Gasteiger partial charge is 0.407 e. The highest BCUT2D eigenvalue weighted by Gasteiger charge is 2.29. The van der Waals surface area contributed by atoms with E-state index in [1.165, 1.54) is 7.05 Å². The van der Waals surface area contributed by atoms with Crippen LogP contribution in [-0.4, -0.2) is 30.0 Å². The minimum Gasteiger partial charge on any atom is -0.445 e. The van der Waals surface area contributed by atoms with E-state index in [2.05, 4.69) is 5.32 Å². The van der Waals surface area contributed by atoms with Crippen LogP contribution in [0.4, 0.5) is 4.79 Å². The van der Waals surface area contributed by atoms with E-state index in [0.717, 1.165) is 10.5 Å². The number of alkyl carbamates (subject to hydrolysis) is 1. The van der Waals surface area contributed by atoms with Crippen molar-refractivity contribution in [2.75, 3.05) is 7.05 Å². The summed E-state index contributed by atoms with van der Waals surface area (Å²) < 4.78 is 5.19. The molecule has 0 aliphatic heterocycles. The van der Waals surface area contributed by atoms with Crippen LogP contribution in [0.25, 0.3) is 0 Å². The van der Waals surface area contributed by atoms with Gasteiger partial charge in [0, 0.05) is 19.0 Å². The molecular weight excluding hydrogens is 365 g/mol. The SMILES string of the molecule is CN(C#N)C(=O)C1CCC(NC(=O)OCc2ccc(Cl)c(Cl)c2)CC1. The average molecular weight is 384 g/mol. The Kier molecular flexibility index (Phi) is 6.91. The topological polar surface area (TPSA) is 82.4 Å². The Balaban J connectivity index is 1.74. The van der Waals surface area contributed by atoms with Crippen LogP contribution in [0.15, 0.2) is 18.2 Å². The van der Waals surface area contributed by atoms with Gasteiger partial charge >= 0.3 is 6.09 Å². The molecule has 1 N–H and O–H groups in total. The number of halogens is 2. The molecular formula is C17H19Cl2N3O3. The largest absolute Gasteiger partial charge is 0.445 e. The van der Waals surface area contributed by atoms with Gasteiger partial charge in [-0.1, -0.05) is 29.3 Å². The number of nitrogens with zero attached hydrogens (tertiary/aromatic N) is 2. The van der Waals surface area contributed by atoms with E-state index < -0.39 is 6.09 Å². The second-order valence-electron chi connectivity index (χ2n) is 6.01. The van der Waals surface area contributed by atoms with Crippen LogP contribution in [0.2, 0.25) is 10.0 Å². The lowest BCUT2D eigenvalue weighted by atomic mass is 9.85. The fourth-order valence-corrected chi connectivity index (χ4v) is 3.12. The van der Waals surface area contributed by atoms with Crippen molar-refractivity contribution >= 4 is 35.2 Å². The molecule has 0 spiro atoms. The summed E-state index contributed by atoms with van der Waals surface area (Å²) >= 11 is 11.8. The standard InChI is InChI=1S/C17H19Cl2N3O3/c1-22(10-20)16(23)12-3-5-13(6-4-12)21-17(24)25-9-11-2-7-14(18)15(19)8-11/h2,7-8,12-13H,3-6,9H2,1H3,(H,21,24). The summed E-state index contributed by atoms with van der Waals surface area (Å²) in [5, 5.41) is 12.4. The Morgan fingerprint density at radius 3 is 2.56 bits per heavy atom. The molecule has 1 fully saturated rings. The lowest BCUT2D eigenvalue weighted by Gasteiger charge is -2.28. The van der Waals surface area contributed by atoms with Gasteiger partial charge in [0.25, 0.3) is 0 Å². The molecule has 6 nitrogen and oxygen atoms in total. The minimum absolute atomic E-state index is 0.0299. The minimum atomic E-state index is -0.505. The first-order valence-corrected chi connectivity index (χ1v) is 8.70. The molecule has 0 unspecified atom stereocenters. The number of benzene rings is 1. The molecule has 0 atom stereocenters. The molecule has 0 aromatic heterocycles. The van der Waals surface area contributed by atoms with Crippen LogP contribution in [0.1, 0.15) is 31.2 Å². The van der Waals surface area contributed by atoms with Crippen LogP contribution in [0.3, 0.4) is 0 Å². The summed E-state index contributed by atoms with van der Waals surface area (Å²) in [5.41, 5.74) is 0.749. The van der Waals surface area contributed by atoms with Gasteiger partial charge in [-0.2, -0.15) is 5.26 Å². The maximum Gasteiger partial charge on any atom is 0.407 e. The summed E-state index contributed by atoms with van der Waals surface area (Å²) in [5.74, 6) is -0.321. The van der Waals surface area contributed by atoms with Gasteiger partial charge in [-0.25, -0.2) is 4.79 Å². The van der Waals surface area contributed by atoms with E-state index in [1.807, 2.05) is 6.19 Å². The van der Waals surface area contributed by atoms with E-state index in [1.54, 1.807) is 18.2 Å². The molecule has 0 bridgehead atoms. The highest BCUT2D eigenvalue weighted by molar-refractivity contribution is 6.42. The monoisotopic (exact) mass is 383 g/mol. The first-order chi connectivity index (χ1) is 11.9. The first kappa shape index (κ1) is 19.4. The Morgan fingerprint density at radius 2 is 1.96 bits per heavy atom. The zero-order chi connectivity index (χ0) is 18.4. The van der Waals surface area contributed by atoms with E-state index in [-0.39, 0.29) is 24.5 Å². The first-order valence-electron chi connectivity index (χ1n) is 7.95. The van der Waals surface area contributed by atoms with E-state index in [4.69, 9.17) is 33.2 Å². The van der Waals surface area contributed by atoms with E-state index >= 15 is 0 Å². The Bertz CT molecular complexity index is 682. The number of ether oxygens (including phenoxy) is 1. The fourth-order valence-electron chi connectivity index (χ4n) is 2.79. The van der Waals surface area contributed by atoms with Crippen molar-refractivity contribution in [1.29, 1.82) is 5.26 Å². The molecule has 2 amide bonds. The zero-order valence-corrected chi connectivity index (χ0v) is 15.3. The molecule has 0 saturated heterocycles. The highest BCUT2D eigenvalue weighted by atomic mass is 35.5. The van der Waals surface area contributed by atoms with Crippen molar-refractivity contribution < 1.29 is 14.3 Å². The van der Waals surface area contributed by atoms with E-state index in [9.17, 15) is 9.59 Å². The molecule has 1 aliphatic carbocycles. The Labute approximate surface area is 156 Å². The third kappa shape index (κ3) is 5.52. The maximum absolute atomic E-state index is 11.9. The van der Waals surface area contributed by atoms with Gasteiger partial charge in [-0.15, -0.1) is 0 Å². The molecule has 134 valence electrons.